The van der Waals surface area contributed by atoms with Gasteiger partial charge in [-0.05, 0) is 37.5 Å². The van der Waals surface area contributed by atoms with Crippen LogP contribution in [-0.2, 0) is 9.59 Å². The van der Waals surface area contributed by atoms with E-state index in [4.69, 9.17) is 19.8 Å². The number of carboxylic acids is 2. The lowest BCUT2D eigenvalue weighted by Gasteiger charge is -2.21. The van der Waals surface area contributed by atoms with Gasteiger partial charge < -0.3 is 15.1 Å². The second-order valence-corrected chi connectivity index (χ2v) is 8.35. The van der Waals surface area contributed by atoms with E-state index in [0.29, 0.717) is 5.92 Å². The zero-order chi connectivity index (χ0) is 18.9. The quantitative estimate of drug-likeness (QED) is 0.408. The van der Waals surface area contributed by atoms with Crippen LogP contribution in [-0.4, -0.2) is 61.2 Å². The summed E-state index contributed by atoms with van der Waals surface area (Å²) in [5, 5.41) is 16.0. The van der Waals surface area contributed by atoms with Crippen LogP contribution in [0.1, 0.15) is 57.1 Å². The number of fused-ring (bicyclic) bond motifs is 2. The maximum Gasteiger partial charge on any atom is 0.414 e. The smallest absolute Gasteiger partial charge is 0.414 e. The van der Waals surface area contributed by atoms with Crippen molar-refractivity contribution >= 4 is 35.4 Å². The van der Waals surface area contributed by atoms with Crippen molar-refractivity contribution in [3.63, 3.8) is 0 Å². The van der Waals surface area contributed by atoms with Crippen molar-refractivity contribution < 1.29 is 19.8 Å². The molecule has 0 spiro atoms. The summed E-state index contributed by atoms with van der Waals surface area (Å²) in [6.07, 6.45) is 8.11. The minimum Gasteiger partial charge on any atom is -0.473 e. The molecule has 3 atom stereocenters. The van der Waals surface area contributed by atoms with Gasteiger partial charge in [-0.15, -0.1) is 11.8 Å². The molecule has 9 heteroatoms. The number of nitrogens with zero attached hydrogens (tertiary/aromatic N) is 3. The molecule has 1 aromatic heterocycles. The summed E-state index contributed by atoms with van der Waals surface area (Å²) < 4.78 is 9.22. The Balaban J connectivity index is 0.000000352. The topological polar surface area (TPSA) is 104 Å². The number of unbranched alkanes of at least 4 members (excludes halogenated alkanes) is 3. The first-order chi connectivity index (χ1) is 12.5. The van der Waals surface area contributed by atoms with Crippen LogP contribution in [0, 0.1) is 5.92 Å². The number of rotatable bonds is 7. The first kappa shape index (κ1) is 21.1. The summed E-state index contributed by atoms with van der Waals surface area (Å²) in [4.78, 5) is 20.8. The predicted molar refractivity (Wildman–Crippen MR) is 102 cm³/mol. The third kappa shape index (κ3) is 6.21. The van der Waals surface area contributed by atoms with Crippen LogP contribution in [0.5, 0.6) is 0 Å². The van der Waals surface area contributed by atoms with E-state index in [1.54, 1.807) is 0 Å². The second-order valence-electron chi connectivity index (χ2n) is 6.74. The Morgan fingerprint density at radius 2 is 1.96 bits per heavy atom. The fourth-order valence-electron chi connectivity index (χ4n) is 3.53. The molecule has 2 saturated heterocycles. The first-order valence-electron chi connectivity index (χ1n) is 9.16. The van der Waals surface area contributed by atoms with Crippen LogP contribution in [0.2, 0.25) is 0 Å². The Morgan fingerprint density at radius 1 is 1.19 bits per heavy atom. The highest BCUT2D eigenvalue weighted by atomic mass is 32.2. The molecular formula is C17H27N3O4S2. The summed E-state index contributed by atoms with van der Waals surface area (Å²) in [5.74, 6) is -0.939. The molecule has 7 nitrogen and oxygen atoms in total. The first-order valence-corrected chi connectivity index (χ1v) is 10.9. The van der Waals surface area contributed by atoms with Crippen LogP contribution in [0.25, 0.3) is 0 Å². The van der Waals surface area contributed by atoms with Crippen molar-refractivity contribution in [3.05, 3.63) is 5.69 Å². The van der Waals surface area contributed by atoms with Gasteiger partial charge in [0, 0.05) is 19.0 Å². The van der Waals surface area contributed by atoms with E-state index in [-0.39, 0.29) is 0 Å². The molecule has 0 aliphatic carbocycles. The van der Waals surface area contributed by atoms with Gasteiger partial charge >= 0.3 is 11.9 Å². The largest absolute Gasteiger partial charge is 0.473 e. The average molecular weight is 402 g/mol. The minimum atomic E-state index is -1.82. The SMILES string of the molecule is CCCCCCSc1nsnc1C1CN2CCCC1C2.O=C(O)C(=O)O. The summed E-state index contributed by atoms with van der Waals surface area (Å²) in [5.41, 5.74) is 1.32. The molecule has 2 bridgehead atoms. The molecule has 3 rings (SSSR count). The summed E-state index contributed by atoms with van der Waals surface area (Å²) in [6.45, 7) is 6.08. The number of thioether (sulfide) groups is 1. The number of aliphatic carboxylic acids is 2. The lowest BCUT2D eigenvalue weighted by atomic mass is 9.89. The highest BCUT2D eigenvalue weighted by molar-refractivity contribution is 7.99. The van der Waals surface area contributed by atoms with E-state index < -0.39 is 11.9 Å². The van der Waals surface area contributed by atoms with Gasteiger partial charge in [-0.3, -0.25) is 0 Å². The number of carboxylic acid groups (broad SMARTS) is 2. The van der Waals surface area contributed by atoms with Crippen molar-refractivity contribution in [1.29, 1.82) is 0 Å². The third-order valence-electron chi connectivity index (χ3n) is 4.82. The Kier molecular flexibility index (Phi) is 8.80. The van der Waals surface area contributed by atoms with Crippen LogP contribution in [0.3, 0.4) is 0 Å². The monoisotopic (exact) mass is 401 g/mol. The molecular weight excluding hydrogens is 374 g/mol. The maximum absolute atomic E-state index is 9.10. The van der Waals surface area contributed by atoms with Crippen molar-refractivity contribution in [2.24, 2.45) is 5.92 Å². The van der Waals surface area contributed by atoms with Crippen molar-refractivity contribution in [3.8, 4) is 0 Å². The molecule has 0 radical (unpaired) electrons. The average Bonchev–Trinajstić information content (AvgIpc) is 3.19. The second kappa shape index (κ2) is 10.8. The Hall–Kier alpha value is -1.19. The molecule has 0 amide bonds. The van der Waals surface area contributed by atoms with Gasteiger partial charge in [0.05, 0.1) is 17.4 Å². The predicted octanol–water partition coefficient (Wildman–Crippen LogP) is 3.18. The Morgan fingerprint density at radius 3 is 2.62 bits per heavy atom. The highest BCUT2D eigenvalue weighted by Gasteiger charge is 2.38. The molecule has 1 aromatic rings. The summed E-state index contributed by atoms with van der Waals surface area (Å²) in [7, 11) is 0. The number of aromatic nitrogens is 2. The molecule has 146 valence electrons. The zero-order valence-corrected chi connectivity index (χ0v) is 16.7. The maximum atomic E-state index is 9.10. The van der Waals surface area contributed by atoms with Gasteiger partial charge in [0.25, 0.3) is 0 Å². The Bertz CT molecular complexity index is 584. The molecule has 26 heavy (non-hydrogen) atoms. The molecule has 2 aliphatic rings. The van der Waals surface area contributed by atoms with E-state index in [1.165, 1.54) is 86.4 Å². The van der Waals surface area contributed by atoms with Crippen LogP contribution in [0.4, 0.5) is 0 Å². The zero-order valence-electron chi connectivity index (χ0n) is 15.1. The molecule has 2 fully saturated rings. The van der Waals surface area contributed by atoms with E-state index in [1.807, 2.05) is 11.8 Å². The van der Waals surface area contributed by atoms with Crippen molar-refractivity contribution in [2.75, 3.05) is 25.4 Å². The van der Waals surface area contributed by atoms with Gasteiger partial charge in [0.2, 0.25) is 0 Å². The van der Waals surface area contributed by atoms with E-state index in [9.17, 15) is 0 Å². The fourth-order valence-corrected chi connectivity index (χ4v) is 5.31. The normalized spacial score (nSPS) is 24.0. The number of hydrogen-bond acceptors (Lipinski definition) is 7. The number of carbonyl (C=O) groups is 2. The van der Waals surface area contributed by atoms with Crippen LogP contribution < -0.4 is 0 Å². The fraction of sp³-hybridized carbons (Fsp3) is 0.765. The molecule has 0 saturated carbocycles. The molecule has 3 unspecified atom stereocenters. The van der Waals surface area contributed by atoms with Crippen LogP contribution >= 0.6 is 23.5 Å². The van der Waals surface area contributed by atoms with Gasteiger partial charge in [0.15, 0.2) is 0 Å². The number of piperidine rings is 1. The van der Waals surface area contributed by atoms with E-state index in [2.05, 4.69) is 20.6 Å². The Labute approximate surface area is 162 Å². The molecule has 0 aromatic carbocycles. The minimum absolute atomic E-state index is 0.661. The lowest BCUT2D eigenvalue weighted by molar-refractivity contribution is -0.159. The van der Waals surface area contributed by atoms with Crippen LogP contribution in [0.15, 0.2) is 5.03 Å². The van der Waals surface area contributed by atoms with Gasteiger partial charge in [-0.2, -0.15) is 8.75 Å². The van der Waals surface area contributed by atoms with Crippen molar-refractivity contribution in [1.82, 2.24) is 13.6 Å². The third-order valence-corrected chi connectivity index (χ3v) is 6.54. The molecule has 2 N–H and O–H groups in total. The summed E-state index contributed by atoms with van der Waals surface area (Å²) >= 11 is 3.36. The van der Waals surface area contributed by atoms with E-state index in [0.717, 1.165) is 5.92 Å². The van der Waals surface area contributed by atoms with Gasteiger partial charge in [-0.25, -0.2) is 9.59 Å². The van der Waals surface area contributed by atoms with Gasteiger partial charge in [0.1, 0.15) is 5.03 Å². The standard InChI is InChI=1S/C15H25N3S2.C2H2O4/c1-2-3-4-5-9-19-15-14(16-20-17-15)13-11-18-8-6-7-12(13)10-18;3-1(4)2(5)6/h12-13H,2-11H2,1H3;(H,3,4)(H,5,6). The number of hydrogen-bond donors (Lipinski definition) is 2. The highest BCUT2D eigenvalue weighted by Crippen LogP contribution is 2.41. The molecule has 2 aliphatic heterocycles. The lowest BCUT2D eigenvalue weighted by Crippen LogP contribution is -2.25. The molecule has 3 heterocycles. The summed E-state index contributed by atoms with van der Waals surface area (Å²) in [6, 6.07) is 0. The van der Waals surface area contributed by atoms with Gasteiger partial charge in [-0.1, -0.05) is 26.2 Å². The van der Waals surface area contributed by atoms with Crippen molar-refractivity contribution in [2.45, 2.75) is 56.4 Å². The van der Waals surface area contributed by atoms with E-state index >= 15 is 0 Å².